The summed E-state index contributed by atoms with van der Waals surface area (Å²) in [6.45, 7) is 6.29. The van der Waals surface area contributed by atoms with Crippen molar-refractivity contribution in [2.75, 3.05) is 13.4 Å². The fraction of sp³-hybridized carbons (Fsp3) is 0.538. The van der Waals surface area contributed by atoms with Crippen molar-refractivity contribution in [1.82, 2.24) is 0 Å². The molecule has 0 N–H and O–H groups in total. The molecule has 0 amide bonds. The molecule has 0 atom stereocenters. The topological polar surface area (TPSA) is 43.4 Å². The van der Waals surface area contributed by atoms with E-state index in [4.69, 9.17) is 4.74 Å². The first-order chi connectivity index (χ1) is 7.63. The summed E-state index contributed by atoms with van der Waals surface area (Å²) in [5.41, 5.74) is 1.83. The Kier molecular flexibility index (Phi) is 3.87. The molecule has 0 spiro atoms. The summed E-state index contributed by atoms with van der Waals surface area (Å²) >= 11 is 0. The molecule has 0 aliphatic rings. The minimum atomic E-state index is -3.05. The van der Waals surface area contributed by atoms with Crippen LogP contribution in [0.5, 0.6) is 5.75 Å². The van der Waals surface area contributed by atoms with Gasteiger partial charge in [0.2, 0.25) is 0 Å². The second kappa shape index (κ2) is 4.69. The van der Waals surface area contributed by atoms with Gasteiger partial charge in [0, 0.05) is 11.8 Å². The standard InChI is InChI=1S/C13H20O3S/c1-13(2,3)11-6-7-12(16-4)10(8-11)9-17(5,14)15/h6-8H,9H2,1-5H3. The molecular weight excluding hydrogens is 236 g/mol. The second-order valence-electron chi connectivity index (χ2n) is 5.35. The zero-order chi connectivity index (χ0) is 13.3. The molecule has 0 heterocycles. The van der Waals surface area contributed by atoms with Gasteiger partial charge in [-0.15, -0.1) is 0 Å². The van der Waals surface area contributed by atoms with E-state index in [1.54, 1.807) is 7.11 Å². The predicted octanol–water partition coefficient (Wildman–Crippen LogP) is 2.54. The van der Waals surface area contributed by atoms with Gasteiger partial charge in [0.05, 0.1) is 12.9 Å². The molecule has 1 aromatic carbocycles. The van der Waals surface area contributed by atoms with Gasteiger partial charge < -0.3 is 4.74 Å². The fourth-order valence-corrected chi connectivity index (χ4v) is 2.43. The van der Waals surface area contributed by atoms with Crippen molar-refractivity contribution < 1.29 is 13.2 Å². The molecule has 0 bridgehead atoms. The van der Waals surface area contributed by atoms with Crippen molar-refractivity contribution in [3.63, 3.8) is 0 Å². The average molecular weight is 256 g/mol. The maximum Gasteiger partial charge on any atom is 0.151 e. The van der Waals surface area contributed by atoms with Gasteiger partial charge in [-0.25, -0.2) is 8.42 Å². The Bertz CT molecular complexity index is 496. The van der Waals surface area contributed by atoms with Crippen LogP contribution in [0.3, 0.4) is 0 Å². The Balaban J connectivity index is 3.25. The van der Waals surface area contributed by atoms with Crippen molar-refractivity contribution >= 4 is 9.84 Å². The highest BCUT2D eigenvalue weighted by atomic mass is 32.2. The number of methoxy groups -OCH3 is 1. The van der Waals surface area contributed by atoms with E-state index >= 15 is 0 Å². The molecule has 0 unspecified atom stereocenters. The van der Waals surface area contributed by atoms with Crippen molar-refractivity contribution in [2.45, 2.75) is 31.9 Å². The third kappa shape index (κ3) is 4.04. The van der Waals surface area contributed by atoms with Gasteiger partial charge in [0.25, 0.3) is 0 Å². The van der Waals surface area contributed by atoms with Gasteiger partial charge in [-0.05, 0) is 17.0 Å². The first-order valence-corrected chi connectivity index (χ1v) is 7.54. The highest BCUT2D eigenvalue weighted by Gasteiger charge is 2.17. The van der Waals surface area contributed by atoms with Crippen molar-refractivity contribution in [3.8, 4) is 5.75 Å². The van der Waals surface area contributed by atoms with Crippen LogP contribution in [0, 0.1) is 0 Å². The molecule has 17 heavy (non-hydrogen) atoms. The first kappa shape index (κ1) is 14.0. The summed E-state index contributed by atoms with van der Waals surface area (Å²) in [6, 6.07) is 5.73. The van der Waals surface area contributed by atoms with E-state index in [-0.39, 0.29) is 11.2 Å². The van der Waals surface area contributed by atoms with Crippen LogP contribution in [0.15, 0.2) is 18.2 Å². The van der Waals surface area contributed by atoms with E-state index in [9.17, 15) is 8.42 Å². The van der Waals surface area contributed by atoms with Crippen molar-refractivity contribution in [3.05, 3.63) is 29.3 Å². The minimum Gasteiger partial charge on any atom is -0.496 e. The smallest absolute Gasteiger partial charge is 0.151 e. The van der Waals surface area contributed by atoms with Gasteiger partial charge in [0.1, 0.15) is 5.75 Å². The van der Waals surface area contributed by atoms with Crippen molar-refractivity contribution in [1.29, 1.82) is 0 Å². The summed E-state index contributed by atoms with van der Waals surface area (Å²) in [4.78, 5) is 0. The minimum absolute atomic E-state index is 0.00146. The predicted molar refractivity (Wildman–Crippen MR) is 70.2 cm³/mol. The molecule has 0 aliphatic carbocycles. The number of hydrogen-bond donors (Lipinski definition) is 0. The highest BCUT2D eigenvalue weighted by Crippen LogP contribution is 2.28. The molecule has 0 aromatic heterocycles. The van der Waals surface area contributed by atoms with Crippen LogP contribution in [0.25, 0.3) is 0 Å². The van der Waals surface area contributed by atoms with Gasteiger partial charge in [-0.2, -0.15) is 0 Å². The molecule has 0 fully saturated rings. The largest absolute Gasteiger partial charge is 0.496 e. The Hall–Kier alpha value is -1.03. The summed E-state index contributed by atoms with van der Waals surface area (Å²) in [5.74, 6) is 0.642. The van der Waals surface area contributed by atoms with Gasteiger partial charge in [0.15, 0.2) is 9.84 Å². The lowest BCUT2D eigenvalue weighted by molar-refractivity contribution is 0.410. The number of rotatable bonds is 3. The molecule has 0 aliphatic heterocycles. The molecular formula is C13H20O3S. The quantitative estimate of drug-likeness (QED) is 0.834. The first-order valence-electron chi connectivity index (χ1n) is 5.48. The molecule has 0 saturated heterocycles. The number of benzene rings is 1. The number of ether oxygens (including phenoxy) is 1. The van der Waals surface area contributed by atoms with Crippen LogP contribution < -0.4 is 4.74 Å². The maximum absolute atomic E-state index is 11.4. The van der Waals surface area contributed by atoms with Gasteiger partial charge in [-0.1, -0.05) is 32.9 Å². The maximum atomic E-state index is 11.4. The van der Waals surface area contributed by atoms with E-state index in [1.165, 1.54) is 6.26 Å². The Morgan fingerprint density at radius 1 is 1.24 bits per heavy atom. The van der Waals surface area contributed by atoms with Gasteiger partial charge in [-0.3, -0.25) is 0 Å². The zero-order valence-corrected chi connectivity index (χ0v) is 11.9. The summed E-state index contributed by atoms with van der Waals surface area (Å²) in [5, 5.41) is 0. The summed E-state index contributed by atoms with van der Waals surface area (Å²) in [6.07, 6.45) is 1.23. The lowest BCUT2D eigenvalue weighted by Gasteiger charge is -2.21. The van der Waals surface area contributed by atoms with E-state index in [0.29, 0.717) is 5.75 Å². The second-order valence-corrected chi connectivity index (χ2v) is 7.49. The molecule has 96 valence electrons. The summed E-state index contributed by atoms with van der Waals surface area (Å²) in [7, 11) is -1.50. The van der Waals surface area contributed by atoms with Crippen LogP contribution in [0.1, 0.15) is 31.9 Å². The normalized spacial score (nSPS) is 12.5. The summed E-state index contributed by atoms with van der Waals surface area (Å²) < 4.78 is 27.9. The fourth-order valence-electron chi connectivity index (χ4n) is 1.64. The average Bonchev–Trinajstić information content (AvgIpc) is 2.13. The van der Waals surface area contributed by atoms with Crippen molar-refractivity contribution in [2.24, 2.45) is 0 Å². The van der Waals surface area contributed by atoms with Crippen LogP contribution >= 0.6 is 0 Å². The molecule has 1 rings (SSSR count). The Morgan fingerprint density at radius 2 is 1.82 bits per heavy atom. The van der Waals surface area contributed by atoms with Crippen LogP contribution in [0.2, 0.25) is 0 Å². The van der Waals surface area contributed by atoms with Crippen LogP contribution in [-0.4, -0.2) is 21.8 Å². The third-order valence-corrected chi connectivity index (χ3v) is 3.40. The van der Waals surface area contributed by atoms with Gasteiger partial charge >= 0.3 is 0 Å². The lowest BCUT2D eigenvalue weighted by atomic mass is 9.86. The van der Waals surface area contributed by atoms with E-state index in [0.717, 1.165) is 11.1 Å². The Labute approximate surface area is 104 Å². The number of hydrogen-bond acceptors (Lipinski definition) is 3. The highest BCUT2D eigenvalue weighted by molar-refractivity contribution is 7.89. The molecule has 1 aromatic rings. The SMILES string of the molecule is COc1ccc(C(C)(C)C)cc1CS(C)(=O)=O. The molecule has 0 saturated carbocycles. The Morgan fingerprint density at radius 3 is 2.24 bits per heavy atom. The number of sulfone groups is 1. The van der Waals surface area contributed by atoms with Crippen LogP contribution in [0.4, 0.5) is 0 Å². The van der Waals surface area contributed by atoms with E-state index in [1.807, 2.05) is 18.2 Å². The lowest BCUT2D eigenvalue weighted by Crippen LogP contribution is -2.12. The van der Waals surface area contributed by atoms with E-state index < -0.39 is 9.84 Å². The molecule has 3 nitrogen and oxygen atoms in total. The van der Waals surface area contributed by atoms with Crippen LogP contribution in [-0.2, 0) is 21.0 Å². The monoisotopic (exact) mass is 256 g/mol. The third-order valence-electron chi connectivity index (χ3n) is 2.56. The zero-order valence-electron chi connectivity index (χ0n) is 11.1. The molecule has 0 radical (unpaired) electrons. The van der Waals surface area contributed by atoms with E-state index in [2.05, 4.69) is 20.8 Å². The molecule has 4 heteroatoms.